The second-order valence-corrected chi connectivity index (χ2v) is 30.3. The second kappa shape index (κ2) is 70.5. The molecule has 0 saturated carbocycles. The highest BCUT2D eigenvalue weighted by molar-refractivity contribution is 7.47. The molecule has 0 spiro atoms. The average Bonchev–Trinajstić information content (AvgIpc) is 2.99. The standard InChI is InChI=1S/C76H148O17P2/c1-5-9-13-17-20-23-26-29-31-33-34-35-36-37-38-40-42-45-48-51-55-59-63-76(81)93-72(67-87-74(79)61-57-53-49-46-44-41-39-32-30-27-24-21-18-14-10-6-2)69-91-95(84,85)89-65-70(77)64-88-94(82,83)90-68-71(66-86-73(78)60-56-52-16-12-8-4)92-75(80)62-58-54-50-47-43-28-25-22-19-15-11-7-3/h70-72,77H,5-69H2,1-4H3,(H,82,83)(H,84,85)/t70-,71+,72+/m0/s1. The van der Waals surface area contributed by atoms with Crippen LogP contribution in [0.1, 0.15) is 407 Å². The minimum atomic E-state index is -4.95. The SMILES string of the molecule is CCCCCCCCCCCCCCCCCCCCCCCCC(=O)O[C@H](COC(=O)CCCCCCCCCCCCCCCCCC)COP(=O)(O)OC[C@@H](O)COP(=O)(O)OC[C@@H](COC(=O)CCCCCCC)OC(=O)CCCCCCCCCCCCCC. The van der Waals surface area contributed by atoms with Crippen molar-refractivity contribution in [3.8, 4) is 0 Å². The first-order valence-corrected chi connectivity index (χ1v) is 42.8. The van der Waals surface area contributed by atoms with Gasteiger partial charge in [0.05, 0.1) is 26.4 Å². The first kappa shape index (κ1) is 93.1. The normalized spacial score (nSPS) is 13.9. The third kappa shape index (κ3) is 70.3. The van der Waals surface area contributed by atoms with Crippen molar-refractivity contribution in [3.63, 3.8) is 0 Å². The van der Waals surface area contributed by atoms with Crippen LogP contribution >= 0.6 is 15.6 Å². The Bertz CT molecular complexity index is 1810. The number of carbonyl (C=O) groups excluding carboxylic acids is 4. The molecule has 5 atom stereocenters. The Morgan fingerprint density at radius 3 is 0.621 bits per heavy atom. The number of hydrogen-bond donors (Lipinski definition) is 3. The van der Waals surface area contributed by atoms with Gasteiger partial charge in [-0.3, -0.25) is 37.3 Å². The molecule has 95 heavy (non-hydrogen) atoms. The van der Waals surface area contributed by atoms with Crippen LogP contribution in [0.25, 0.3) is 0 Å². The van der Waals surface area contributed by atoms with Crippen LogP contribution in [0.4, 0.5) is 0 Å². The van der Waals surface area contributed by atoms with E-state index in [9.17, 15) is 43.2 Å². The summed E-state index contributed by atoms with van der Waals surface area (Å²) < 4.78 is 68.3. The van der Waals surface area contributed by atoms with Crippen LogP contribution in [0.2, 0.25) is 0 Å². The van der Waals surface area contributed by atoms with E-state index in [1.54, 1.807) is 0 Å². The van der Waals surface area contributed by atoms with Crippen LogP contribution < -0.4 is 0 Å². The maximum Gasteiger partial charge on any atom is 0.472 e. The summed E-state index contributed by atoms with van der Waals surface area (Å²) in [5.74, 6) is -2.12. The molecule has 0 aliphatic rings. The Balaban J connectivity index is 5.10. The van der Waals surface area contributed by atoms with Gasteiger partial charge in [0.25, 0.3) is 0 Å². The molecule has 0 amide bonds. The molecule has 0 aromatic rings. The molecule has 3 N–H and O–H groups in total. The summed E-state index contributed by atoms with van der Waals surface area (Å²) >= 11 is 0. The minimum absolute atomic E-state index is 0.107. The molecule has 17 nitrogen and oxygen atoms in total. The summed E-state index contributed by atoms with van der Waals surface area (Å²) in [4.78, 5) is 72.5. The molecule has 0 aliphatic carbocycles. The number of rotatable bonds is 77. The third-order valence-corrected chi connectivity index (χ3v) is 19.8. The number of esters is 4. The van der Waals surface area contributed by atoms with Crippen LogP contribution in [0.5, 0.6) is 0 Å². The van der Waals surface area contributed by atoms with Gasteiger partial charge in [0.1, 0.15) is 19.3 Å². The Kier molecular flexibility index (Phi) is 69.1. The van der Waals surface area contributed by atoms with E-state index in [-0.39, 0.29) is 25.7 Å². The molecule has 0 bridgehead atoms. The van der Waals surface area contributed by atoms with Gasteiger partial charge in [0, 0.05) is 25.7 Å². The van der Waals surface area contributed by atoms with Crippen molar-refractivity contribution >= 4 is 39.5 Å². The van der Waals surface area contributed by atoms with Gasteiger partial charge in [-0.25, -0.2) is 9.13 Å². The fraction of sp³-hybridized carbons (Fsp3) is 0.947. The zero-order chi connectivity index (χ0) is 69.7. The molecule has 564 valence electrons. The highest BCUT2D eigenvalue weighted by atomic mass is 31.2. The van der Waals surface area contributed by atoms with Crippen molar-refractivity contribution in [2.24, 2.45) is 0 Å². The number of carbonyl (C=O) groups is 4. The largest absolute Gasteiger partial charge is 0.472 e. The first-order chi connectivity index (χ1) is 46.2. The molecular formula is C76H148O17P2. The van der Waals surface area contributed by atoms with Gasteiger partial charge >= 0.3 is 39.5 Å². The number of hydrogen-bond acceptors (Lipinski definition) is 15. The zero-order valence-electron chi connectivity index (χ0n) is 61.6. The molecule has 0 fully saturated rings. The topological polar surface area (TPSA) is 237 Å². The molecule has 0 saturated heterocycles. The zero-order valence-corrected chi connectivity index (χ0v) is 63.4. The Labute approximate surface area is 581 Å². The van der Waals surface area contributed by atoms with E-state index in [0.29, 0.717) is 25.7 Å². The van der Waals surface area contributed by atoms with Crippen LogP contribution in [-0.2, 0) is 65.4 Å². The quantitative estimate of drug-likeness (QED) is 0.0222. The van der Waals surface area contributed by atoms with Crippen molar-refractivity contribution < 1.29 is 80.2 Å². The fourth-order valence-corrected chi connectivity index (χ4v) is 13.3. The summed E-state index contributed by atoms with van der Waals surface area (Å²) in [7, 11) is -9.90. The monoisotopic (exact) mass is 1400 g/mol. The van der Waals surface area contributed by atoms with E-state index in [4.69, 9.17) is 37.0 Å². The molecule has 0 aromatic heterocycles. The first-order valence-electron chi connectivity index (χ1n) is 39.8. The van der Waals surface area contributed by atoms with E-state index < -0.39 is 97.5 Å². The van der Waals surface area contributed by atoms with Crippen LogP contribution in [0.3, 0.4) is 0 Å². The molecule has 0 aliphatic heterocycles. The van der Waals surface area contributed by atoms with Crippen molar-refractivity contribution in [2.75, 3.05) is 39.6 Å². The van der Waals surface area contributed by atoms with Gasteiger partial charge in [-0.15, -0.1) is 0 Å². The summed E-state index contributed by atoms with van der Waals surface area (Å²) in [6.07, 6.45) is 61.6. The van der Waals surface area contributed by atoms with Gasteiger partial charge in [-0.1, -0.05) is 355 Å². The molecule has 0 rings (SSSR count). The fourth-order valence-electron chi connectivity index (χ4n) is 11.8. The number of aliphatic hydroxyl groups is 1. The van der Waals surface area contributed by atoms with Crippen molar-refractivity contribution in [2.45, 2.75) is 425 Å². The van der Waals surface area contributed by atoms with Crippen LogP contribution in [-0.4, -0.2) is 96.7 Å². The van der Waals surface area contributed by atoms with E-state index in [1.807, 2.05) is 0 Å². The summed E-state index contributed by atoms with van der Waals surface area (Å²) in [5, 5.41) is 10.6. The van der Waals surface area contributed by atoms with Crippen molar-refractivity contribution in [1.82, 2.24) is 0 Å². The van der Waals surface area contributed by atoms with Crippen molar-refractivity contribution in [1.29, 1.82) is 0 Å². The molecule has 0 aromatic carbocycles. The van der Waals surface area contributed by atoms with E-state index in [0.717, 1.165) is 96.3 Å². The summed E-state index contributed by atoms with van der Waals surface area (Å²) in [5.41, 5.74) is 0. The maximum absolute atomic E-state index is 13.1. The van der Waals surface area contributed by atoms with E-state index >= 15 is 0 Å². The predicted molar refractivity (Wildman–Crippen MR) is 386 cm³/mol. The number of aliphatic hydroxyl groups excluding tert-OH is 1. The number of phosphoric ester groups is 2. The Morgan fingerprint density at radius 1 is 0.253 bits per heavy atom. The van der Waals surface area contributed by atoms with Gasteiger partial charge in [-0.2, -0.15) is 0 Å². The lowest BCUT2D eigenvalue weighted by atomic mass is 10.0. The number of unbranched alkanes of at least 4 members (excludes halogenated alkanes) is 51. The highest BCUT2D eigenvalue weighted by Crippen LogP contribution is 2.45. The van der Waals surface area contributed by atoms with Gasteiger partial charge in [0.2, 0.25) is 0 Å². The lowest BCUT2D eigenvalue weighted by Gasteiger charge is -2.21. The molecule has 0 radical (unpaired) electrons. The van der Waals surface area contributed by atoms with Crippen molar-refractivity contribution in [3.05, 3.63) is 0 Å². The molecule has 2 unspecified atom stereocenters. The van der Waals surface area contributed by atoms with E-state index in [1.165, 1.54) is 231 Å². The second-order valence-electron chi connectivity index (χ2n) is 27.4. The third-order valence-electron chi connectivity index (χ3n) is 17.9. The Hall–Kier alpha value is -1.94. The van der Waals surface area contributed by atoms with Crippen LogP contribution in [0.15, 0.2) is 0 Å². The van der Waals surface area contributed by atoms with Gasteiger partial charge in [0.15, 0.2) is 12.2 Å². The molecule has 19 heteroatoms. The van der Waals surface area contributed by atoms with E-state index in [2.05, 4.69) is 27.7 Å². The lowest BCUT2D eigenvalue weighted by Crippen LogP contribution is -2.30. The summed E-state index contributed by atoms with van der Waals surface area (Å²) in [6, 6.07) is 0. The smallest absolute Gasteiger partial charge is 0.462 e. The highest BCUT2D eigenvalue weighted by Gasteiger charge is 2.30. The van der Waals surface area contributed by atoms with Crippen LogP contribution in [0, 0.1) is 0 Å². The summed E-state index contributed by atoms with van der Waals surface area (Å²) in [6.45, 7) is 4.90. The lowest BCUT2D eigenvalue weighted by molar-refractivity contribution is -0.161. The molecular weight excluding hydrogens is 1250 g/mol. The van der Waals surface area contributed by atoms with Gasteiger partial charge < -0.3 is 33.8 Å². The maximum atomic E-state index is 13.1. The average molecular weight is 1400 g/mol. The predicted octanol–water partition coefficient (Wildman–Crippen LogP) is 22.6. The minimum Gasteiger partial charge on any atom is -0.462 e. The number of ether oxygens (including phenoxy) is 4. The number of phosphoric acid groups is 2. The Morgan fingerprint density at radius 2 is 0.421 bits per heavy atom. The van der Waals surface area contributed by atoms with Gasteiger partial charge in [-0.05, 0) is 25.7 Å². The molecule has 0 heterocycles.